The van der Waals surface area contributed by atoms with Gasteiger partial charge in [0.15, 0.2) is 0 Å². The van der Waals surface area contributed by atoms with Gasteiger partial charge in [0, 0.05) is 5.56 Å². The van der Waals surface area contributed by atoms with E-state index in [-0.39, 0.29) is 5.78 Å². The largest absolute Gasteiger partial charge is 0.300 e. The Morgan fingerprint density at radius 3 is 2.22 bits per heavy atom. The van der Waals surface area contributed by atoms with Crippen LogP contribution in [0, 0.1) is 6.92 Å². The molecule has 3 aromatic rings. The molecule has 0 atom stereocenters. The van der Waals surface area contributed by atoms with Crippen molar-refractivity contribution in [2.75, 3.05) is 0 Å². The molecule has 0 saturated heterocycles. The summed E-state index contributed by atoms with van der Waals surface area (Å²) in [7, 11) is 0. The maximum absolute atomic E-state index is 11.5. The lowest BCUT2D eigenvalue weighted by atomic mass is 10.0. The standard InChI is InChI=1S/C20H20N2O/c1-15(23)13-19-16(2)20(18-11-7-4-8-12-18)22(21-19)14-17-9-5-3-6-10-17/h3-12H,13-14H2,1-2H3. The second-order valence-electron chi connectivity index (χ2n) is 5.81. The SMILES string of the molecule is CC(=O)Cc1nn(Cc2ccccc2)c(-c2ccccc2)c1C. The van der Waals surface area contributed by atoms with Gasteiger partial charge in [-0.2, -0.15) is 5.10 Å². The van der Waals surface area contributed by atoms with Crippen molar-refractivity contribution in [2.45, 2.75) is 26.8 Å². The highest BCUT2D eigenvalue weighted by Gasteiger charge is 2.17. The number of rotatable bonds is 5. The molecule has 23 heavy (non-hydrogen) atoms. The van der Waals surface area contributed by atoms with Crippen molar-refractivity contribution in [1.29, 1.82) is 0 Å². The van der Waals surface area contributed by atoms with Gasteiger partial charge in [0.25, 0.3) is 0 Å². The molecule has 3 rings (SSSR count). The van der Waals surface area contributed by atoms with Gasteiger partial charge in [0.2, 0.25) is 0 Å². The Kier molecular flexibility index (Phi) is 4.38. The van der Waals surface area contributed by atoms with E-state index in [0.29, 0.717) is 13.0 Å². The lowest BCUT2D eigenvalue weighted by Gasteiger charge is -2.09. The van der Waals surface area contributed by atoms with Crippen molar-refractivity contribution in [2.24, 2.45) is 0 Å². The smallest absolute Gasteiger partial charge is 0.135 e. The second kappa shape index (κ2) is 6.61. The molecule has 0 spiro atoms. The Morgan fingerprint density at radius 2 is 1.61 bits per heavy atom. The van der Waals surface area contributed by atoms with E-state index in [4.69, 9.17) is 5.10 Å². The fraction of sp³-hybridized carbons (Fsp3) is 0.200. The number of aromatic nitrogens is 2. The van der Waals surface area contributed by atoms with Crippen LogP contribution in [0.3, 0.4) is 0 Å². The highest BCUT2D eigenvalue weighted by atomic mass is 16.1. The summed E-state index contributed by atoms with van der Waals surface area (Å²) in [6.07, 6.45) is 0.382. The number of ketones is 1. The molecule has 3 heteroatoms. The molecule has 1 aromatic heterocycles. The molecule has 0 unspecified atom stereocenters. The summed E-state index contributed by atoms with van der Waals surface area (Å²) in [5.41, 5.74) is 5.37. The van der Waals surface area contributed by atoms with Gasteiger partial charge in [-0.25, -0.2) is 0 Å². The molecule has 0 radical (unpaired) electrons. The highest BCUT2D eigenvalue weighted by Crippen LogP contribution is 2.27. The number of carbonyl (C=O) groups is 1. The van der Waals surface area contributed by atoms with Crippen molar-refractivity contribution in [3.05, 3.63) is 77.5 Å². The van der Waals surface area contributed by atoms with Gasteiger partial charge in [0.1, 0.15) is 5.78 Å². The zero-order valence-electron chi connectivity index (χ0n) is 13.5. The van der Waals surface area contributed by atoms with Crippen LogP contribution in [0.4, 0.5) is 0 Å². The number of carbonyl (C=O) groups excluding carboxylic acids is 1. The first kappa shape index (κ1) is 15.2. The van der Waals surface area contributed by atoms with E-state index < -0.39 is 0 Å². The normalized spacial score (nSPS) is 10.7. The fourth-order valence-electron chi connectivity index (χ4n) is 2.84. The minimum absolute atomic E-state index is 0.136. The summed E-state index contributed by atoms with van der Waals surface area (Å²) >= 11 is 0. The van der Waals surface area contributed by atoms with Crippen LogP contribution in [0.25, 0.3) is 11.3 Å². The summed E-state index contributed by atoms with van der Waals surface area (Å²) in [5, 5.41) is 4.72. The lowest BCUT2D eigenvalue weighted by molar-refractivity contribution is -0.116. The van der Waals surface area contributed by atoms with Crippen molar-refractivity contribution in [3.8, 4) is 11.3 Å². The van der Waals surface area contributed by atoms with Crippen molar-refractivity contribution in [1.82, 2.24) is 9.78 Å². The van der Waals surface area contributed by atoms with Crippen LogP contribution in [-0.4, -0.2) is 15.6 Å². The molecule has 0 aliphatic rings. The third-order valence-electron chi connectivity index (χ3n) is 3.93. The molecule has 0 N–H and O–H groups in total. The van der Waals surface area contributed by atoms with Crippen LogP contribution in [0.5, 0.6) is 0 Å². The first-order valence-electron chi connectivity index (χ1n) is 7.80. The van der Waals surface area contributed by atoms with Crippen molar-refractivity contribution in [3.63, 3.8) is 0 Å². The van der Waals surface area contributed by atoms with Crippen LogP contribution in [0.1, 0.15) is 23.7 Å². The molecular weight excluding hydrogens is 284 g/mol. The zero-order chi connectivity index (χ0) is 16.2. The Labute approximate surface area is 136 Å². The third kappa shape index (κ3) is 3.39. The molecule has 3 nitrogen and oxygen atoms in total. The summed E-state index contributed by atoms with van der Waals surface area (Å²) in [4.78, 5) is 11.5. The minimum atomic E-state index is 0.136. The van der Waals surface area contributed by atoms with Gasteiger partial charge in [0.05, 0.1) is 24.4 Å². The predicted octanol–water partition coefficient (Wildman–Crippen LogP) is 4.04. The van der Waals surface area contributed by atoms with E-state index in [2.05, 4.69) is 31.2 Å². The van der Waals surface area contributed by atoms with Gasteiger partial charge in [-0.15, -0.1) is 0 Å². The molecule has 0 saturated carbocycles. The molecule has 0 aliphatic heterocycles. The van der Waals surface area contributed by atoms with Crippen LogP contribution >= 0.6 is 0 Å². The van der Waals surface area contributed by atoms with Gasteiger partial charge >= 0.3 is 0 Å². The van der Waals surface area contributed by atoms with Gasteiger partial charge in [-0.3, -0.25) is 9.48 Å². The molecule has 116 valence electrons. The first-order valence-corrected chi connectivity index (χ1v) is 7.80. The first-order chi connectivity index (χ1) is 11.1. The van der Waals surface area contributed by atoms with Crippen LogP contribution in [0.2, 0.25) is 0 Å². The van der Waals surface area contributed by atoms with E-state index >= 15 is 0 Å². The maximum Gasteiger partial charge on any atom is 0.135 e. The number of hydrogen-bond donors (Lipinski definition) is 0. The van der Waals surface area contributed by atoms with Gasteiger partial charge < -0.3 is 0 Å². The van der Waals surface area contributed by atoms with Gasteiger partial charge in [-0.1, -0.05) is 60.7 Å². The van der Waals surface area contributed by atoms with Crippen molar-refractivity contribution < 1.29 is 4.79 Å². The molecule has 0 amide bonds. The van der Waals surface area contributed by atoms with Crippen LogP contribution in [0.15, 0.2) is 60.7 Å². The lowest BCUT2D eigenvalue weighted by Crippen LogP contribution is -2.05. The fourth-order valence-corrected chi connectivity index (χ4v) is 2.84. The van der Waals surface area contributed by atoms with E-state index in [0.717, 1.165) is 22.5 Å². The monoisotopic (exact) mass is 304 g/mol. The van der Waals surface area contributed by atoms with Crippen LogP contribution in [-0.2, 0) is 17.8 Å². The summed E-state index contributed by atoms with van der Waals surface area (Å²) in [6, 6.07) is 20.5. The number of Topliss-reactive ketones (excluding diaryl/α,β-unsaturated/α-hetero) is 1. The maximum atomic E-state index is 11.5. The van der Waals surface area contributed by atoms with E-state index in [1.54, 1.807) is 6.92 Å². The molecule has 0 bridgehead atoms. The van der Waals surface area contributed by atoms with Crippen LogP contribution < -0.4 is 0 Å². The average molecular weight is 304 g/mol. The van der Waals surface area contributed by atoms with E-state index in [9.17, 15) is 4.79 Å². The molecule has 1 heterocycles. The number of hydrogen-bond acceptors (Lipinski definition) is 2. The summed E-state index contributed by atoms with van der Waals surface area (Å²) in [5.74, 6) is 0.136. The van der Waals surface area contributed by atoms with Crippen molar-refractivity contribution >= 4 is 5.78 Å². The van der Waals surface area contributed by atoms with E-state index in [1.807, 2.05) is 41.1 Å². The van der Waals surface area contributed by atoms with Gasteiger partial charge in [-0.05, 0) is 25.0 Å². The Balaban J connectivity index is 2.07. The molecular formula is C20H20N2O. The zero-order valence-corrected chi connectivity index (χ0v) is 13.5. The minimum Gasteiger partial charge on any atom is -0.300 e. The number of benzene rings is 2. The molecule has 0 fully saturated rings. The second-order valence-corrected chi connectivity index (χ2v) is 5.81. The summed E-state index contributed by atoms with van der Waals surface area (Å²) < 4.78 is 2.01. The average Bonchev–Trinajstić information content (AvgIpc) is 2.84. The Morgan fingerprint density at radius 1 is 1.00 bits per heavy atom. The molecule has 0 aliphatic carbocycles. The molecule has 2 aromatic carbocycles. The number of nitrogens with zero attached hydrogens (tertiary/aromatic N) is 2. The van der Waals surface area contributed by atoms with E-state index in [1.165, 1.54) is 5.56 Å². The Hall–Kier alpha value is -2.68. The highest BCUT2D eigenvalue weighted by molar-refractivity contribution is 5.79. The topological polar surface area (TPSA) is 34.9 Å². The Bertz CT molecular complexity index is 804. The third-order valence-corrected chi connectivity index (χ3v) is 3.93. The predicted molar refractivity (Wildman–Crippen MR) is 92.3 cm³/mol. The summed E-state index contributed by atoms with van der Waals surface area (Å²) in [6.45, 7) is 4.36. The quantitative estimate of drug-likeness (QED) is 0.713.